The number of aromatic carboxylic acids is 1. The van der Waals surface area contributed by atoms with Gasteiger partial charge in [0.2, 0.25) is 0 Å². The first-order valence-electron chi connectivity index (χ1n) is 7.41. The zero-order valence-corrected chi connectivity index (χ0v) is 12.7. The molecule has 0 amide bonds. The van der Waals surface area contributed by atoms with Crippen molar-refractivity contribution in [3.63, 3.8) is 0 Å². The van der Waals surface area contributed by atoms with Crippen LogP contribution < -0.4 is 0 Å². The fourth-order valence-corrected chi connectivity index (χ4v) is 3.24. The first kappa shape index (κ1) is 14.1. The predicted octanol–water partition coefficient (Wildman–Crippen LogP) is 2.73. The average molecular weight is 287 g/mol. The molecule has 2 heterocycles. The monoisotopic (exact) mass is 287 g/mol. The summed E-state index contributed by atoms with van der Waals surface area (Å²) in [5.41, 5.74) is 1.91. The number of carboxylic acids is 1. The normalized spacial score (nSPS) is 19.7. The molecule has 1 aliphatic heterocycles. The van der Waals surface area contributed by atoms with Gasteiger partial charge in [-0.2, -0.15) is 0 Å². The molecule has 1 aliphatic rings. The first-order chi connectivity index (χ1) is 9.99. The van der Waals surface area contributed by atoms with Gasteiger partial charge in [-0.3, -0.25) is 0 Å². The van der Waals surface area contributed by atoms with E-state index in [1.807, 2.05) is 6.07 Å². The van der Waals surface area contributed by atoms with E-state index in [-0.39, 0.29) is 5.92 Å². The molecular weight excluding hydrogens is 266 g/mol. The Balaban J connectivity index is 2.27. The van der Waals surface area contributed by atoms with Crippen molar-refractivity contribution in [1.29, 1.82) is 0 Å². The van der Waals surface area contributed by atoms with Crippen LogP contribution in [0.1, 0.15) is 48.4 Å². The number of hydrogen-bond donors (Lipinski definition) is 1. The lowest BCUT2D eigenvalue weighted by Crippen LogP contribution is -2.19. The van der Waals surface area contributed by atoms with E-state index in [1.54, 1.807) is 12.1 Å². The minimum absolute atomic E-state index is 0.268. The van der Waals surface area contributed by atoms with Gasteiger partial charge < -0.3 is 14.6 Å². The van der Waals surface area contributed by atoms with E-state index < -0.39 is 5.97 Å². The number of benzene rings is 1. The highest BCUT2D eigenvalue weighted by Gasteiger charge is 2.28. The second-order valence-corrected chi connectivity index (χ2v) is 6.18. The summed E-state index contributed by atoms with van der Waals surface area (Å²) in [5, 5.41) is 9.50. The highest BCUT2D eigenvalue weighted by molar-refractivity contribution is 6.01. The molecule has 1 atom stereocenters. The number of carboxylic acid groups (broad SMARTS) is 1. The van der Waals surface area contributed by atoms with Crippen molar-refractivity contribution in [2.24, 2.45) is 0 Å². The van der Waals surface area contributed by atoms with Gasteiger partial charge in [-0.05, 0) is 32.1 Å². The number of aromatic nitrogens is 2. The van der Waals surface area contributed by atoms with Crippen LogP contribution in [-0.4, -0.2) is 45.7 Å². The number of rotatable bonds is 3. The third kappa shape index (κ3) is 2.31. The predicted molar refractivity (Wildman–Crippen MR) is 81.9 cm³/mol. The van der Waals surface area contributed by atoms with Crippen LogP contribution in [0.5, 0.6) is 0 Å². The van der Waals surface area contributed by atoms with E-state index in [1.165, 1.54) is 0 Å². The van der Waals surface area contributed by atoms with Crippen LogP contribution in [-0.2, 0) is 0 Å². The van der Waals surface area contributed by atoms with Gasteiger partial charge in [-0.15, -0.1) is 0 Å². The summed E-state index contributed by atoms with van der Waals surface area (Å²) in [6.07, 6.45) is 1.04. The van der Waals surface area contributed by atoms with Crippen LogP contribution >= 0.6 is 0 Å². The molecule has 1 aromatic carbocycles. The quantitative estimate of drug-likeness (QED) is 0.943. The lowest BCUT2D eigenvalue weighted by Gasteiger charge is -2.19. The van der Waals surface area contributed by atoms with E-state index in [0.29, 0.717) is 11.6 Å². The second-order valence-electron chi connectivity index (χ2n) is 6.18. The maximum atomic E-state index is 11.6. The first-order valence-corrected chi connectivity index (χ1v) is 7.41. The highest BCUT2D eigenvalue weighted by Crippen LogP contribution is 2.32. The topological polar surface area (TPSA) is 58.4 Å². The minimum Gasteiger partial charge on any atom is -0.478 e. The Bertz CT molecular complexity index is 690. The minimum atomic E-state index is -0.886. The average Bonchev–Trinajstić information content (AvgIpc) is 3.01. The molecule has 5 heteroatoms. The summed E-state index contributed by atoms with van der Waals surface area (Å²) in [4.78, 5) is 18.6. The largest absolute Gasteiger partial charge is 0.478 e. The molecule has 0 spiro atoms. The van der Waals surface area contributed by atoms with Crippen molar-refractivity contribution in [3.05, 3.63) is 29.6 Å². The number of fused-ring (bicyclic) bond motifs is 1. The van der Waals surface area contributed by atoms with E-state index in [4.69, 9.17) is 4.98 Å². The molecular formula is C16H21N3O2. The van der Waals surface area contributed by atoms with Crippen LogP contribution in [0, 0.1) is 0 Å². The molecule has 1 saturated heterocycles. The fourth-order valence-electron chi connectivity index (χ4n) is 3.24. The van der Waals surface area contributed by atoms with E-state index in [9.17, 15) is 9.90 Å². The number of likely N-dealkylation sites (tertiary alicyclic amines) is 1. The third-order valence-corrected chi connectivity index (χ3v) is 4.22. The number of hydrogen-bond acceptors (Lipinski definition) is 3. The van der Waals surface area contributed by atoms with E-state index >= 15 is 0 Å². The Labute approximate surface area is 124 Å². The fraction of sp³-hybridized carbons (Fsp3) is 0.500. The summed E-state index contributed by atoms with van der Waals surface area (Å²) in [7, 11) is 2.10. The second kappa shape index (κ2) is 5.15. The molecule has 1 N–H and O–H groups in total. The maximum absolute atomic E-state index is 11.6. The highest BCUT2D eigenvalue weighted by atomic mass is 16.4. The molecule has 3 rings (SSSR count). The Hall–Kier alpha value is -1.88. The lowest BCUT2D eigenvalue weighted by molar-refractivity contribution is 0.0698. The summed E-state index contributed by atoms with van der Waals surface area (Å²) in [6.45, 7) is 6.20. The third-order valence-electron chi connectivity index (χ3n) is 4.22. The summed E-state index contributed by atoms with van der Waals surface area (Å²) < 4.78 is 2.17. The molecule has 1 unspecified atom stereocenters. The van der Waals surface area contributed by atoms with Crippen LogP contribution in [0.4, 0.5) is 0 Å². The van der Waals surface area contributed by atoms with Gasteiger partial charge in [0.1, 0.15) is 5.82 Å². The molecule has 0 radical (unpaired) electrons. The molecule has 0 bridgehead atoms. The smallest absolute Gasteiger partial charge is 0.337 e. The number of likely N-dealkylation sites (N-methyl/N-ethyl adjacent to an activating group) is 1. The van der Waals surface area contributed by atoms with Gasteiger partial charge >= 0.3 is 5.97 Å². The van der Waals surface area contributed by atoms with Crippen LogP contribution in [0.25, 0.3) is 11.0 Å². The molecule has 21 heavy (non-hydrogen) atoms. The van der Waals surface area contributed by atoms with E-state index in [0.717, 1.165) is 36.4 Å². The van der Waals surface area contributed by atoms with Crippen molar-refractivity contribution in [3.8, 4) is 0 Å². The van der Waals surface area contributed by atoms with Crippen LogP contribution in [0.2, 0.25) is 0 Å². The zero-order chi connectivity index (χ0) is 15.1. The summed E-state index contributed by atoms with van der Waals surface area (Å²) in [5.74, 6) is 0.368. The van der Waals surface area contributed by atoms with Gasteiger partial charge in [-0.25, -0.2) is 9.78 Å². The van der Waals surface area contributed by atoms with Crippen molar-refractivity contribution >= 4 is 17.0 Å². The van der Waals surface area contributed by atoms with Gasteiger partial charge in [-0.1, -0.05) is 19.9 Å². The molecule has 2 aromatic rings. The molecule has 5 nitrogen and oxygen atoms in total. The van der Waals surface area contributed by atoms with Gasteiger partial charge in [0.05, 0.1) is 16.6 Å². The Kier molecular flexibility index (Phi) is 3.45. The number of para-hydroxylation sites is 1. The lowest BCUT2D eigenvalue weighted by atomic mass is 10.1. The van der Waals surface area contributed by atoms with Gasteiger partial charge in [0.25, 0.3) is 0 Å². The van der Waals surface area contributed by atoms with Crippen LogP contribution in [0.15, 0.2) is 18.2 Å². The molecule has 1 fully saturated rings. The Morgan fingerprint density at radius 1 is 1.43 bits per heavy atom. The van der Waals surface area contributed by atoms with Gasteiger partial charge in [0.15, 0.2) is 0 Å². The molecule has 0 aliphatic carbocycles. The van der Waals surface area contributed by atoms with E-state index in [2.05, 4.69) is 30.4 Å². The molecule has 1 aromatic heterocycles. The van der Waals surface area contributed by atoms with Crippen molar-refractivity contribution < 1.29 is 9.90 Å². The number of imidazole rings is 1. The molecule has 112 valence electrons. The Morgan fingerprint density at radius 2 is 2.19 bits per heavy atom. The van der Waals surface area contributed by atoms with Crippen molar-refractivity contribution in [2.45, 2.75) is 32.2 Å². The Morgan fingerprint density at radius 3 is 2.76 bits per heavy atom. The standard InChI is InChI=1S/C16H21N3O2/c1-10(2)15-17-13-6-4-5-12(16(20)21)14(13)19(15)11-7-8-18(3)9-11/h4-6,10-11H,7-9H2,1-3H3,(H,20,21). The van der Waals surface area contributed by atoms with Crippen molar-refractivity contribution in [1.82, 2.24) is 14.5 Å². The van der Waals surface area contributed by atoms with Crippen molar-refractivity contribution in [2.75, 3.05) is 20.1 Å². The van der Waals surface area contributed by atoms with Crippen LogP contribution in [0.3, 0.4) is 0 Å². The number of nitrogens with zero attached hydrogens (tertiary/aromatic N) is 3. The SMILES string of the molecule is CC(C)c1nc2cccc(C(=O)O)c2n1C1CCN(C)C1. The summed E-state index contributed by atoms with van der Waals surface area (Å²) in [6, 6.07) is 5.65. The van der Waals surface area contributed by atoms with Gasteiger partial charge in [0, 0.05) is 18.5 Å². The zero-order valence-electron chi connectivity index (χ0n) is 12.7. The number of carbonyl (C=O) groups is 1. The summed E-state index contributed by atoms with van der Waals surface area (Å²) >= 11 is 0. The maximum Gasteiger partial charge on any atom is 0.337 e. The molecule has 0 saturated carbocycles.